The molecule has 0 unspecified atom stereocenters. The Bertz CT molecular complexity index is 1030. The van der Waals surface area contributed by atoms with E-state index < -0.39 is 0 Å². The van der Waals surface area contributed by atoms with Crippen LogP contribution in [0.15, 0.2) is 88.9 Å². The average molecular weight is 404 g/mol. The molecule has 0 heterocycles. The molecule has 0 aromatic heterocycles. The van der Waals surface area contributed by atoms with E-state index in [1.54, 1.807) is 73.8 Å². The fourth-order valence-electron chi connectivity index (χ4n) is 2.72. The molecule has 0 aliphatic carbocycles. The van der Waals surface area contributed by atoms with Crippen molar-refractivity contribution < 1.29 is 14.3 Å². The first-order chi connectivity index (χ1) is 14.1. The van der Waals surface area contributed by atoms with Crippen LogP contribution >= 0.6 is 12.6 Å². The highest BCUT2D eigenvalue weighted by molar-refractivity contribution is 7.80. The maximum absolute atomic E-state index is 12.8. The van der Waals surface area contributed by atoms with Crippen LogP contribution in [0.4, 0.5) is 0 Å². The third-order valence-electron chi connectivity index (χ3n) is 4.28. The summed E-state index contributed by atoms with van der Waals surface area (Å²) in [4.78, 5) is 25.8. The van der Waals surface area contributed by atoms with Gasteiger partial charge in [0.1, 0.15) is 5.75 Å². The summed E-state index contributed by atoms with van der Waals surface area (Å²) in [6, 6.07) is 23.0. The Labute approximate surface area is 174 Å². The van der Waals surface area contributed by atoms with Crippen LogP contribution < -0.4 is 10.2 Å². The molecule has 3 aromatic carbocycles. The lowest BCUT2D eigenvalue weighted by atomic mass is 10.0. The van der Waals surface area contributed by atoms with Crippen LogP contribution in [0.3, 0.4) is 0 Å². The van der Waals surface area contributed by atoms with Crippen LogP contribution in [-0.4, -0.2) is 24.5 Å². The quantitative estimate of drug-likeness (QED) is 0.266. The predicted octanol–water partition coefficient (Wildman–Crippen LogP) is 4.39. The van der Waals surface area contributed by atoms with Crippen LogP contribution in [0, 0.1) is 0 Å². The Morgan fingerprint density at radius 2 is 1.55 bits per heavy atom. The maximum Gasteiger partial charge on any atom is 0.271 e. The summed E-state index contributed by atoms with van der Waals surface area (Å²) < 4.78 is 5.18. The number of thiol groups is 1. The summed E-state index contributed by atoms with van der Waals surface area (Å²) in [5, 5.41) is 4.25. The zero-order valence-corrected chi connectivity index (χ0v) is 16.7. The van der Waals surface area contributed by atoms with Crippen molar-refractivity contribution in [3.63, 3.8) is 0 Å². The van der Waals surface area contributed by atoms with Gasteiger partial charge in [-0.25, -0.2) is 5.43 Å². The van der Waals surface area contributed by atoms with Gasteiger partial charge in [0.05, 0.1) is 19.2 Å². The van der Waals surface area contributed by atoms with Gasteiger partial charge in [-0.15, -0.1) is 12.6 Å². The van der Waals surface area contributed by atoms with Crippen LogP contribution in [0.2, 0.25) is 0 Å². The Balaban J connectivity index is 1.87. The zero-order valence-electron chi connectivity index (χ0n) is 15.8. The molecular formula is C23H20N2O3S. The molecule has 0 spiro atoms. The van der Waals surface area contributed by atoms with Gasteiger partial charge in [-0.2, -0.15) is 5.10 Å². The van der Waals surface area contributed by atoms with Gasteiger partial charge in [-0.1, -0.05) is 36.4 Å². The number of hydrogen-bond donors (Lipinski definition) is 2. The van der Waals surface area contributed by atoms with E-state index in [0.717, 1.165) is 0 Å². The standard InChI is InChI=1S/C23H20N2O3S/c1-28-18-13-11-16(12-14-18)20(15-21(26)19-9-5-6-10-22(19)29)24-25-23(27)17-7-3-2-4-8-17/h2-14,29H,15H2,1H3,(H,25,27)/b24-20+. The summed E-state index contributed by atoms with van der Waals surface area (Å²) in [5.74, 6) is 0.200. The number of amides is 1. The van der Waals surface area contributed by atoms with Crippen molar-refractivity contribution >= 4 is 30.0 Å². The number of carbonyl (C=O) groups excluding carboxylic acids is 2. The normalized spacial score (nSPS) is 11.0. The first-order valence-corrected chi connectivity index (χ1v) is 9.41. The molecule has 29 heavy (non-hydrogen) atoms. The van der Waals surface area contributed by atoms with E-state index in [-0.39, 0.29) is 18.1 Å². The van der Waals surface area contributed by atoms with Gasteiger partial charge < -0.3 is 4.74 Å². The number of hydrogen-bond acceptors (Lipinski definition) is 5. The highest BCUT2D eigenvalue weighted by atomic mass is 32.1. The molecule has 0 bridgehead atoms. The van der Waals surface area contributed by atoms with Crippen LogP contribution in [-0.2, 0) is 0 Å². The van der Waals surface area contributed by atoms with E-state index in [1.807, 2.05) is 12.1 Å². The number of ether oxygens (including phenoxy) is 1. The van der Waals surface area contributed by atoms with Crippen molar-refractivity contribution in [2.24, 2.45) is 5.10 Å². The predicted molar refractivity (Wildman–Crippen MR) is 116 cm³/mol. The second-order valence-corrected chi connectivity index (χ2v) is 6.69. The first-order valence-electron chi connectivity index (χ1n) is 8.96. The van der Waals surface area contributed by atoms with Crippen molar-refractivity contribution in [2.45, 2.75) is 11.3 Å². The fourth-order valence-corrected chi connectivity index (χ4v) is 3.00. The molecule has 0 aliphatic heterocycles. The third kappa shape index (κ3) is 5.33. The highest BCUT2D eigenvalue weighted by Gasteiger charge is 2.15. The Hall–Kier alpha value is -3.38. The van der Waals surface area contributed by atoms with Gasteiger partial charge in [0, 0.05) is 16.0 Å². The molecule has 5 nitrogen and oxygen atoms in total. The van der Waals surface area contributed by atoms with Crippen LogP contribution in [0.1, 0.15) is 32.7 Å². The fraction of sp³-hybridized carbons (Fsp3) is 0.0870. The van der Waals surface area contributed by atoms with E-state index in [9.17, 15) is 9.59 Å². The van der Waals surface area contributed by atoms with E-state index in [4.69, 9.17) is 4.74 Å². The van der Waals surface area contributed by atoms with Crippen LogP contribution in [0.25, 0.3) is 0 Å². The molecule has 3 aromatic rings. The largest absolute Gasteiger partial charge is 0.497 e. The lowest BCUT2D eigenvalue weighted by Crippen LogP contribution is -2.21. The third-order valence-corrected chi connectivity index (χ3v) is 4.67. The van der Waals surface area contributed by atoms with Gasteiger partial charge in [0.2, 0.25) is 0 Å². The lowest BCUT2D eigenvalue weighted by Gasteiger charge is -2.09. The molecule has 3 rings (SSSR count). The minimum absolute atomic E-state index is 0.0129. The summed E-state index contributed by atoms with van der Waals surface area (Å²) in [5.41, 5.74) is 4.69. The molecule has 0 radical (unpaired) electrons. The molecule has 1 N–H and O–H groups in total. The maximum atomic E-state index is 12.8. The molecule has 146 valence electrons. The van der Waals surface area contributed by atoms with Crippen molar-refractivity contribution in [3.05, 3.63) is 95.6 Å². The lowest BCUT2D eigenvalue weighted by molar-refractivity contribution is 0.0950. The molecule has 0 fully saturated rings. The molecule has 1 amide bonds. The number of ketones is 1. The van der Waals surface area contributed by atoms with E-state index >= 15 is 0 Å². The number of Topliss-reactive ketones (excluding diaryl/α,β-unsaturated/α-hetero) is 1. The van der Waals surface area contributed by atoms with Gasteiger partial charge in [0.25, 0.3) is 5.91 Å². The van der Waals surface area contributed by atoms with Gasteiger partial charge in [-0.3, -0.25) is 9.59 Å². The number of nitrogens with zero attached hydrogens (tertiary/aromatic N) is 1. The number of nitrogens with one attached hydrogen (secondary N) is 1. The summed E-state index contributed by atoms with van der Waals surface area (Å²) >= 11 is 4.36. The van der Waals surface area contributed by atoms with Crippen molar-refractivity contribution in [2.75, 3.05) is 7.11 Å². The second kappa shape index (κ2) is 9.71. The SMILES string of the molecule is COc1ccc(/C(CC(=O)c2ccccc2S)=N/NC(=O)c2ccccc2)cc1. The van der Waals surface area contributed by atoms with Crippen molar-refractivity contribution in [3.8, 4) is 5.75 Å². The highest BCUT2D eigenvalue weighted by Crippen LogP contribution is 2.18. The molecular weight excluding hydrogens is 384 g/mol. The monoisotopic (exact) mass is 404 g/mol. The van der Waals surface area contributed by atoms with E-state index in [2.05, 4.69) is 23.2 Å². The number of carbonyl (C=O) groups is 2. The van der Waals surface area contributed by atoms with E-state index in [1.165, 1.54) is 0 Å². The van der Waals surface area contributed by atoms with E-state index in [0.29, 0.717) is 33.0 Å². The smallest absolute Gasteiger partial charge is 0.271 e. The molecule has 0 atom stereocenters. The Morgan fingerprint density at radius 1 is 0.897 bits per heavy atom. The second-order valence-electron chi connectivity index (χ2n) is 6.21. The topological polar surface area (TPSA) is 67.8 Å². The number of rotatable bonds is 7. The van der Waals surface area contributed by atoms with Crippen molar-refractivity contribution in [1.82, 2.24) is 5.43 Å². The van der Waals surface area contributed by atoms with Crippen LogP contribution in [0.5, 0.6) is 5.75 Å². The average Bonchev–Trinajstić information content (AvgIpc) is 2.77. The van der Waals surface area contributed by atoms with Crippen molar-refractivity contribution in [1.29, 1.82) is 0 Å². The Kier molecular flexibility index (Phi) is 6.81. The number of methoxy groups -OCH3 is 1. The summed E-state index contributed by atoms with van der Waals surface area (Å²) in [7, 11) is 1.58. The molecule has 0 saturated carbocycles. The number of hydrazone groups is 1. The van der Waals surface area contributed by atoms with Gasteiger partial charge in [-0.05, 0) is 48.0 Å². The molecule has 6 heteroatoms. The summed E-state index contributed by atoms with van der Waals surface area (Å²) in [6.45, 7) is 0. The minimum atomic E-state index is -0.348. The molecule has 0 saturated heterocycles. The number of benzene rings is 3. The first kappa shape index (κ1) is 20.4. The zero-order chi connectivity index (χ0) is 20.6. The minimum Gasteiger partial charge on any atom is -0.497 e. The summed E-state index contributed by atoms with van der Waals surface area (Å²) in [6.07, 6.45) is 0.0129. The van der Waals surface area contributed by atoms with Gasteiger partial charge >= 0.3 is 0 Å². The Morgan fingerprint density at radius 3 is 2.21 bits per heavy atom. The van der Waals surface area contributed by atoms with Gasteiger partial charge in [0.15, 0.2) is 5.78 Å². The molecule has 0 aliphatic rings.